The summed E-state index contributed by atoms with van der Waals surface area (Å²) >= 11 is 1.72. The van der Waals surface area contributed by atoms with Crippen LogP contribution in [0, 0.1) is 6.92 Å². The topological polar surface area (TPSA) is 53.0 Å². The second-order valence-electron chi connectivity index (χ2n) is 7.00. The number of fused-ring (bicyclic) bond motifs is 1. The number of ether oxygens (including phenoxy) is 1. The standard InChI is InChI=1S/C20H24N2O3S/c1-14-4-5-18(26-14)15-11-16-13-21(7-8-22-6-2-3-19(22)24)9-10-25-20(16)17(23)12-15/h4-5,11-12,23H,2-3,6-10,13H2,1H3. The van der Waals surface area contributed by atoms with Gasteiger partial charge in [0, 0.05) is 54.5 Å². The summed E-state index contributed by atoms with van der Waals surface area (Å²) in [6.45, 7) is 6.63. The Bertz CT molecular complexity index is 817. The van der Waals surface area contributed by atoms with E-state index < -0.39 is 0 Å². The maximum absolute atomic E-state index is 11.8. The van der Waals surface area contributed by atoms with Crippen molar-refractivity contribution < 1.29 is 14.6 Å². The van der Waals surface area contributed by atoms with E-state index >= 15 is 0 Å². The van der Waals surface area contributed by atoms with Crippen LogP contribution in [0.3, 0.4) is 0 Å². The molecule has 0 radical (unpaired) electrons. The first kappa shape index (κ1) is 17.4. The first-order valence-corrected chi connectivity index (χ1v) is 9.97. The molecule has 5 nitrogen and oxygen atoms in total. The molecule has 1 amide bonds. The molecule has 0 saturated carbocycles. The second-order valence-corrected chi connectivity index (χ2v) is 8.29. The van der Waals surface area contributed by atoms with E-state index in [0.717, 1.165) is 55.1 Å². The van der Waals surface area contributed by atoms with Gasteiger partial charge in [-0.3, -0.25) is 9.69 Å². The van der Waals surface area contributed by atoms with E-state index in [1.165, 1.54) is 4.88 Å². The zero-order valence-electron chi connectivity index (χ0n) is 15.0. The molecular weight excluding hydrogens is 348 g/mol. The number of carbonyl (C=O) groups is 1. The van der Waals surface area contributed by atoms with Crippen LogP contribution in [0.25, 0.3) is 10.4 Å². The quantitative estimate of drug-likeness (QED) is 0.895. The summed E-state index contributed by atoms with van der Waals surface area (Å²) in [4.78, 5) is 18.5. The molecule has 0 aliphatic carbocycles. The summed E-state index contributed by atoms with van der Waals surface area (Å²) in [5.74, 6) is 1.08. The van der Waals surface area contributed by atoms with Crippen molar-refractivity contribution in [1.29, 1.82) is 0 Å². The number of aromatic hydroxyl groups is 1. The van der Waals surface area contributed by atoms with Crippen LogP contribution in [0.5, 0.6) is 11.5 Å². The summed E-state index contributed by atoms with van der Waals surface area (Å²) in [6, 6.07) is 8.11. The molecule has 2 aliphatic rings. The van der Waals surface area contributed by atoms with Gasteiger partial charge >= 0.3 is 0 Å². The molecule has 6 heteroatoms. The van der Waals surface area contributed by atoms with Crippen molar-refractivity contribution in [2.45, 2.75) is 26.3 Å². The van der Waals surface area contributed by atoms with Crippen LogP contribution in [0.15, 0.2) is 24.3 Å². The number of benzene rings is 1. The SMILES string of the molecule is Cc1ccc(-c2cc(O)c3c(c2)CN(CCN2CCCC2=O)CCO3)s1. The molecule has 1 saturated heterocycles. The fraction of sp³-hybridized carbons (Fsp3) is 0.450. The van der Waals surface area contributed by atoms with Gasteiger partial charge in [-0.25, -0.2) is 0 Å². The Hall–Kier alpha value is -2.05. The molecule has 1 N–H and O–H groups in total. The van der Waals surface area contributed by atoms with Gasteiger partial charge < -0.3 is 14.7 Å². The number of hydrogen-bond donors (Lipinski definition) is 1. The van der Waals surface area contributed by atoms with Crippen molar-refractivity contribution in [3.63, 3.8) is 0 Å². The summed E-state index contributed by atoms with van der Waals surface area (Å²) in [6.07, 6.45) is 1.66. The molecule has 0 bridgehead atoms. The van der Waals surface area contributed by atoms with Gasteiger partial charge in [-0.05, 0) is 43.2 Å². The zero-order valence-corrected chi connectivity index (χ0v) is 15.8. The number of thiophene rings is 1. The summed E-state index contributed by atoms with van der Waals surface area (Å²) in [5, 5.41) is 10.5. The van der Waals surface area contributed by atoms with Crippen LogP contribution >= 0.6 is 11.3 Å². The number of amides is 1. The lowest BCUT2D eigenvalue weighted by Gasteiger charge is -2.23. The Kier molecular flexibility index (Phi) is 4.87. The lowest BCUT2D eigenvalue weighted by atomic mass is 10.1. The predicted octanol–water partition coefficient (Wildman–Crippen LogP) is 3.25. The molecule has 2 aliphatic heterocycles. The summed E-state index contributed by atoms with van der Waals surface area (Å²) in [5.41, 5.74) is 2.04. The molecule has 26 heavy (non-hydrogen) atoms. The van der Waals surface area contributed by atoms with Crippen molar-refractivity contribution in [2.24, 2.45) is 0 Å². The van der Waals surface area contributed by atoms with Gasteiger partial charge in [0.05, 0.1) is 0 Å². The summed E-state index contributed by atoms with van der Waals surface area (Å²) < 4.78 is 5.83. The first-order chi connectivity index (χ1) is 12.6. The highest BCUT2D eigenvalue weighted by Crippen LogP contribution is 2.39. The van der Waals surface area contributed by atoms with E-state index in [4.69, 9.17) is 4.74 Å². The van der Waals surface area contributed by atoms with Crippen LogP contribution in [0.1, 0.15) is 23.3 Å². The van der Waals surface area contributed by atoms with E-state index in [1.54, 1.807) is 17.4 Å². The maximum atomic E-state index is 11.8. The number of carbonyl (C=O) groups excluding carboxylic acids is 1. The van der Waals surface area contributed by atoms with Crippen molar-refractivity contribution in [3.8, 4) is 21.9 Å². The number of rotatable bonds is 4. The minimum atomic E-state index is 0.208. The fourth-order valence-corrected chi connectivity index (χ4v) is 4.53. The van der Waals surface area contributed by atoms with Crippen LogP contribution in [-0.2, 0) is 11.3 Å². The molecule has 0 atom stereocenters. The van der Waals surface area contributed by atoms with E-state index in [1.807, 2.05) is 4.90 Å². The molecule has 3 heterocycles. The van der Waals surface area contributed by atoms with E-state index in [0.29, 0.717) is 18.8 Å². The van der Waals surface area contributed by atoms with Gasteiger partial charge in [0.2, 0.25) is 5.91 Å². The molecule has 1 aromatic heterocycles. The molecule has 138 valence electrons. The third kappa shape index (κ3) is 3.57. The zero-order chi connectivity index (χ0) is 18.1. The lowest BCUT2D eigenvalue weighted by Crippen LogP contribution is -2.36. The number of phenols is 1. The first-order valence-electron chi connectivity index (χ1n) is 9.16. The highest BCUT2D eigenvalue weighted by atomic mass is 32.1. The minimum absolute atomic E-state index is 0.208. The Morgan fingerprint density at radius 2 is 2.12 bits per heavy atom. The fourth-order valence-electron chi connectivity index (χ4n) is 3.68. The highest BCUT2D eigenvalue weighted by Gasteiger charge is 2.23. The number of likely N-dealkylation sites (tertiary alicyclic amines) is 1. The van der Waals surface area contributed by atoms with Crippen LogP contribution in [0.2, 0.25) is 0 Å². The van der Waals surface area contributed by atoms with Crippen LogP contribution in [-0.4, -0.2) is 53.6 Å². The Morgan fingerprint density at radius 3 is 2.85 bits per heavy atom. The average molecular weight is 372 g/mol. The van der Waals surface area contributed by atoms with Gasteiger partial charge in [0.1, 0.15) is 6.61 Å². The van der Waals surface area contributed by atoms with Gasteiger partial charge in [-0.15, -0.1) is 11.3 Å². The molecule has 1 fully saturated rings. The Labute approximate surface area is 157 Å². The minimum Gasteiger partial charge on any atom is -0.504 e. The Morgan fingerprint density at radius 1 is 1.23 bits per heavy atom. The van der Waals surface area contributed by atoms with Gasteiger partial charge in [0.25, 0.3) is 0 Å². The third-order valence-electron chi connectivity index (χ3n) is 5.08. The van der Waals surface area contributed by atoms with E-state index in [-0.39, 0.29) is 11.7 Å². The predicted molar refractivity (Wildman–Crippen MR) is 103 cm³/mol. The van der Waals surface area contributed by atoms with Crippen molar-refractivity contribution in [1.82, 2.24) is 9.80 Å². The molecule has 2 aromatic rings. The second kappa shape index (κ2) is 7.29. The summed E-state index contributed by atoms with van der Waals surface area (Å²) in [7, 11) is 0. The molecule has 0 spiro atoms. The van der Waals surface area contributed by atoms with Gasteiger partial charge in [-0.2, -0.15) is 0 Å². The Balaban J connectivity index is 1.52. The smallest absolute Gasteiger partial charge is 0.222 e. The van der Waals surface area contributed by atoms with Gasteiger partial charge in [0.15, 0.2) is 11.5 Å². The number of aryl methyl sites for hydroxylation is 1. The van der Waals surface area contributed by atoms with E-state index in [9.17, 15) is 9.90 Å². The van der Waals surface area contributed by atoms with Crippen LogP contribution in [0.4, 0.5) is 0 Å². The highest BCUT2D eigenvalue weighted by molar-refractivity contribution is 7.15. The lowest BCUT2D eigenvalue weighted by molar-refractivity contribution is -0.127. The average Bonchev–Trinajstić information content (AvgIpc) is 3.16. The number of hydrogen-bond acceptors (Lipinski definition) is 5. The number of nitrogens with zero attached hydrogens (tertiary/aromatic N) is 2. The van der Waals surface area contributed by atoms with Crippen LogP contribution < -0.4 is 4.74 Å². The van der Waals surface area contributed by atoms with Crippen molar-refractivity contribution in [3.05, 3.63) is 34.7 Å². The molecule has 4 rings (SSSR count). The normalized spacial score (nSPS) is 17.9. The van der Waals surface area contributed by atoms with Crippen molar-refractivity contribution in [2.75, 3.05) is 32.8 Å². The van der Waals surface area contributed by atoms with Gasteiger partial charge in [-0.1, -0.05) is 0 Å². The largest absolute Gasteiger partial charge is 0.504 e. The third-order valence-corrected chi connectivity index (χ3v) is 6.13. The molecule has 0 unspecified atom stereocenters. The van der Waals surface area contributed by atoms with E-state index in [2.05, 4.69) is 30.0 Å². The molecule has 1 aromatic carbocycles. The maximum Gasteiger partial charge on any atom is 0.222 e. The number of phenolic OH excluding ortho intramolecular Hbond substituents is 1. The van der Waals surface area contributed by atoms with Crippen molar-refractivity contribution >= 4 is 17.2 Å². The monoisotopic (exact) mass is 372 g/mol. The molecular formula is C20H24N2O3S.